The van der Waals surface area contributed by atoms with E-state index in [4.69, 9.17) is 0 Å². The number of aliphatic hydroxyl groups is 1. The molecule has 3 heterocycles. The van der Waals surface area contributed by atoms with Gasteiger partial charge in [-0.25, -0.2) is 4.98 Å². The molecule has 3 N–H and O–H groups in total. The number of anilines is 1. The van der Waals surface area contributed by atoms with Crippen molar-refractivity contribution in [3.05, 3.63) is 47.9 Å². The molecular formula is C18H22N4O. The normalized spacial score (nSPS) is 18.9. The van der Waals surface area contributed by atoms with E-state index in [9.17, 15) is 5.11 Å². The molecule has 0 spiro atoms. The zero-order chi connectivity index (χ0) is 16.4. The third kappa shape index (κ3) is 3.05. The number of aromatic nitrogens is 2. The zero-order valence-electron chi connectivity index (χ0n) is 13.7. The summed E-state index contributed by atoms with van der Waals surface area (Å²) >= 11 is 0. The SMILES string of the molecule is CCC(O)C1C=C(C)C(c2cnc3cc(NC)ncc3c2)=CN1. The molecule has 0 saturated heterocycles. The molecule has 2 atom stereocenters. The number of fused-ring (bicyclic) bond motifs is 1. The highest BCUT2D eigenvalue weighted by molar-refractivity contribution is 5.87. The Bertz CT molecular complexity index is 782. The third-order valence-corrected chi connectivity index (χ3v) is 4.24. The van der Waals surface area contributed by atoms with Crippen LogP contribution in [0.4, 0.5) is 5.82 Å². The van der Waals surface area contributed by atoms with Crippen molar-refractivity contribution >= 4 is 22.3 Å². The molecule has 2 aromatic heterocycles. The predicted molar refractivity (Wildman–Crippen MR) is 94.0 cm³/mol. The largest absolute Gasteiger partial charge is 0.391 e. The van der Waals surface area contributed by atoms with Crippen LogP contribution in [-0.4, -0.2) is 34.3 Å². The molecule has 0 saturated carbocycles. The molecule has 1 aliphatic rings. The van der Waals surface area contributed by atoms with Crippen LogP contribution in [0.25, 0.3) is 16.5 Å². The topological polar surface area (TPSA) is 70.1 Å². The standard InChI is InChI=1S/C18H22N4O/c1-4-17(23)16-5-11(2)14(10-21-16)12-6-13-9-22-18(19-3)7-15(13)20-8-12/h5-10,16-17,21,23H,4H2,1-3H3,(H,19,22). The number of hydrogen-bond acceptors (Lipinski definition) is 5. The van der Waals surface area contributed by atoms with Crippen molar-refractivity contribution in [2.45, 2.75) is 32.4 Å². The van der Waals surface area contributed by atoms with Gasteiger partial charge in [0.1, 0.15) is 5.82 Å². The Morgan fingerprint density at radius 1 is 1.30 bits per heavy atom. The second-order valence-corrected chi connectivity index (χ2v) is 5.81. The van der Waals surface area contributed by atoms with E-state index in [0.29, 0.717) is 0 Å². The molecule has 5 nitrogen and oxygen atoms in total. The highest BCUT2D eigenvalue weighted by Crippen LogP contribution is 2.28. The van der Waals surface area contributed by atoms with Crippen molar-refractivity contribution in [2.24, 2.45) is 0 Å². The second-order valence-electron chi connectivity index (χ2n) is 5.81. The Morgan fingerprint density at radius 2 is 2.13 bits per heavy atom. The van der Waals surface area contributed by atoms with Crippen LogP contribution in [0.5, 0.6) is 0 Å². The number of hydrogen-bond donors (Lipinski definition) is 3. The van der Waals surface area contributed by atoms with Gasteiger partial charge in [-0.1, -0.05) is 13.0 Å². The minimum absolute atomic E-state index is 0.0305. The van der Waals surface area contributed by atoms with E-state index >= 15 is 0 Å². The van der Waals surface area contributed by atoms with E-state index < -0.39 is 0 Å². The van der Waals surface area contributed by atoms with Crippen molar-refractivity contribution in [2.75, 3.05) is 12.4 Å². The number of nitrogens with one attached hydrogen (secondary N) is 2. The fraction of sp³-hybridized carbons (Fsp3) is 0.333. The molecule has 0 amide bonds. The molecule has 5 heteroatoms. The van der Waals surface area contributed by atoms with E-state index in [-0.39, 0.29) is 12.1 Å². The predicted octanol–water partition coefficient (Wildman–Crippen LogP) is 2.70. The molecule has 0 fully saturated rings. The maximum Gasteiger partial charge on any atom is 0.127 e. The van der Waals surface area contributed by atoms with Gasteiger partial charge in [-0.15, -0.1) is 0 Å². The van der Waals surface area contributed by atoms with Crippen molar-refractivity contribution in [1.82, 2.24) is 15.3 Å². The summed E-state index contributed by atoms with van der Waals surface area (Å²) in [6.07, 6.45) is 8.11. The minimum atomic E-state index is -0.373. The minimum Gasteiger partial charge on any atom is -0.391 e. The van der Waals surface area contributed by atoms with Gasteiger partial charge in [-0.3, -0.25) is 4.98 Å². The molecule has 1 aliphatic heterocycles. The third-order valence-electron chi connectivity index (χ3n) is 4.24. The molecule has 0 aliphatic carbocycles. The molecular weight excluding hydrogens is 288 g/mol. The lowest BCUT2D eigenvalue weighted by Gasteiger charge is -2.25. The summed E-state index contributed by atoms with van der Waals surface area (Å²) in [6, 6.07) is 4.00. The molecule has 23 heavy (non-hydrogen) atoms. The first kappa shape index (κ1) is 15.5. The highest BCUT2D eigenvalue weighted by atomic mass is 16.3. The van der Waals surface area contributed by atoms with Crippen LogP contribution < -0.4 is 10.6 Å². The van der Waals surface area contributed by atoms with Gasteiger partial charge >= 0.3 is 0 Å². The summed E-state index contributed by atoms with van der Waals surface area (Å²) < 4.78 is 0. The van der Waals surface area contributed by atoms with E-state index in [1.165, 1.54) is 0 Å². The van der Waals surface area contributed by atoms with Gasteiger partial charge in [0, 0.05) is 48.2 Å². The maximum atomic E-state index is 9.99. The highest BCUT2D eigenvalue weighted by Gasteiger charge is 2.19. The van der Waals surface area contributed by atoms with Crippen LogP contribution in [0.2, 0.25) is 0 Å². The van der Waals surface area contributed by atoms with Crippen molar-refractivity contribution < 1.29 is 5.11 Å². The fourth-order valence-electron chi connectivity index (χ4n) is 2.79. The first-order valence-electron chi connectivity index (χ1n) is 7.89. The molecule has 0 radical (unpaired) electrons. The summed E-state index contributed by atoms with van der Waals surface area (Å²) in [6.45, 7) is 4.04. The summed E-state index contributed by atoms with van der Waals surface area (Å²) in [5.41, 5.74) is 4.19. The van der Waals surface area contributed by atoms with Crippen LogP contribution in [0.15, 0.2) is 42.4 Å². The van der Waals surface area contributed by atoms with E-state index in [2.05, 4.69) is 39.7 Å². The zero-order valence-corrected chi connectivity index (χ0v) is 13.7. The van der Waals surface area contributed by atoms with Crippen LogP contribution >= 0.6 is 0 Å². The Morgan fingerprint density at radius 3 is 2.83 bits per heavy atom. The lowest BCUT2D eigenvalue weighted by atomic mass is 9.94. The number of allylic oxidation sites excluding steroid dienone is 2. The Labute approximate surface area is 136 Å². The first-order valence-corrected chi connectivity index (χ1v) is 7.89. The average Bonchev–Trinajstić information content (AvgIpc) is 2.60. The van der Waals surface area contributed by atoms with Gasteiger partial charge in [-0.05, 0) is 25.0 Å². The second kappa shape index (κ2) is 6.38. The number of aliphatic hydroxyl groups excluding tert-OH is 1. The quantitative estimate of drug-likeness (QED) is 0.810. The number of rotatable bonds is 4. The number of nitrogens with zero attached hydrogens (tertiary/aromatic N) is 2. The Balaban J connectivity index is 1.92. The van der Waals surface area contributed by atoms with Crippen molar-refractivity contribution in [3.63, 3.8) is 0 Å². The van der Waals surface area contributed by atoms with Crippen LogP contribution in [0.1, 0.15) is 25.8 Å². The molecule has 120 valence electrons. The molecule has 3 rings (SSSR count). The van der Waals surface area contributed by atoms with E-state index in [1.807, 2.05) is 38.6 Å². The summed E-state index contributed by atoms with van der Waals surface area (Å²) in [5.74, 6) is 0.809. The van der Waals surface area contributed by atoms with Gasteiger partial charge in [0.05, 0.1) is 17.7 Å². The van der Waals surface area contributed by atoms with Crippen molar-refractivity contribution in [3.8, 4) is 0 Å². The summed E-state index contributed by atoms with van der Waals surface area (Å²) in [4.78, 5) is 8.89. The average molecular weight is 310 g/mol. The molecule has 2 unspecified atom stereocenters. The van der Waals surface area contributed by atoms with Gasteiger partial charge in [0.25, 0.3) is 0 Å². The lowest BCUT2D eigenvalue weighted by molar-refractivity contribution is 0.146. The van der Waals surface area contributed by atoms with Gasteiger partial charge in [-0.2, -0.15) is 0 Å². The number of pyridine rings is 2. The van der Waals surface area contributed by atoms with Crippen LogP contribution in [0.3, 0.4) is 0 Å². The van der Waals surface area contributed by atoms with Gasteiger partial charge < -0.3 is 15.7 Å². The molecule has 0 aromatic carbocycles. The van der Waals surface area contributed by atoms with Crippen LogP contribution in [-0.2, 0) is 0 Å². The molecule has 0 bridgehead atoms. The molecule has 2 aromatic rings. The van der Waals surface area contributed by atoms with Crippen LogP contribution in [0, 0.1) is 0 Å². The van der Waals surface area contributed by atoms with E-state index in [0.717, 1.165) is 39.9 Å². The monoisotopic (exact) mass is 310 g/mol. The Kier molecular flexibility index (Phi) is 4.30. The summed E-state index contributed by atoms with van der Waals surface area (Å²) in [5, 5.41) is 17.3. The first-order chi connectivity index (χ1) is 11.1. The smallest absolute Gasteiger partial charge is 0.127 e. The van der Waals surface area contributed by atoms with Gasteiger partial charge in [0.2, 0.25) is 0 Å². The fourth-order valence-corrected chi connectivity index (χ4v) is 2.79. The number of dihydropyridines is 1. The maximum absolute atomic E-state index is 9.99. The van der Waals surface area contributed by atoms with Gasteiger partial charge in [0.15, 0.2) is 0 Å². The lowest BCUT2D eigenvalue weighted by Crippen LogP contribution is -2.37. The Hall–Kier alpha value is -2.40. The summed E-state index contributed by atoms with van der Waals surface area (Å²) in [7, 11) is 1.84. The van der Waals surface area contributed by atoms with E-state index in [1.54, 1.807) is 0 Å². The van der Waals surface area contributed by atoms with Crippen molar-refractivity contribution in [1.29, 1.82) is 0 Å².